The monoisotopic (exact) mass is 326 g/mol. The molecule has 0 fully saturated rings. The van der Waals surface area contributed by atoms with E-state index in [2.05, 4.69) is 10.5 Å². The quantitative estimate of drug-likeness (QED) is 0.575. The summed E-state index contributed by atoms with van der Waals surface area (Å²) in [6.07, 6.45) is 3.92. The van der Waals surface area contributed by atoms with Crippen molar-refractivity contribution in [3.05, 3.63) is 51.7 Å². The van der Waals surface area contributed by atoms with Gasteiger partial charge in [-0.25, -0.2) is 0 Å². The van der Waals surface area contributed by atoms with Crippen molar-refractivity contribution in [1.82, 2.24) is 5.43 Å². The number of rotatable bonds is 6. The first-order valence-electron chi connectivity index (χ1n) is 6.64. The predicted octanol–water partition coefficient (Wildman–Crippen LogP) is 5.21. The van der Waals surface area contributed by atoms with Gasteiger partial charge in [-0.1, -0.05) is 35.4 Å². The van der Waals surface area contributed by atoms with E-state index in [0.717, 1.165) is 17.0 Å². The van der Waals surface area contributed by atoms with Crippen LogP contribution in [0.1, 0.15) is 27.7 Å². The van der Waals surface area contributed by atoms with Crippen molar-refractivity contribution in [2.24, 2.45) is 5.10 Å². The average Bonchev–Trinajstić information content (AvgIpc) is 2.44. The van der Waals surface area contributed by atoms with E-state index in [9.17, 15) is 0 Å². The van der Waals surface area contributed by atoms with E-state index in [1.807, 2.05) is 39.8 Å². The smallest absolute Gasteiger partial charge is 0.122 e. The maximum absolute atomic E-state index is 5.94. The molecule has 1 aromatic rings. The number of benzene rings is 1. The van der Waals surface area contributed by atoms with Crippen LogP contribution in [0.3, 0.4) is 0 Å². The fourth-order valence-corrected chi connectivity index (χ4v) is 1.98. The van der Waals surface area contributed by atoms with E-state index >= 15 is 0 Å². The lowest BCUT2D eigenvalue weighted by Gasteiger charge is -2.11. The van der Waals surface area contributed by atoms with Crippen LogP contribution in [0.4, 0.5) is 0 Å². The van der Waals surface area contributed by atoms with Crippen LogP contribution in [0.2, 0.25) is 10.0 Å². The van der Waals surface area contributed by atoms with Crippen molar-refractivity contribution in [3.63, 3.8) is 0 Å². The number of nitrogens with zero attached hydrogens (tertiary/aromatic N) is 1. The highest BCUT2D eigenvalue weighted by Crippen LogP contribution is 2.24. The molecule has 5 heteroatoms. The highest BCUT2D eigenvalue weighted by molar-refractivity contribution is 6.34. The Labute approximate surface area is 136 Å². The molecule has 0 spiro atoms. The van der Waals surface area contributed by atoms with Crippen molar-refractivity contribution < 1.29 is 4.74 Å². The largest absolute Gasteiger partial charge is 0.489 e. The average molecular weight is 327 g/mol. The molecular formula is C16H20Cl2N2O. The minimum absolute atomic E-state index is 0.402. The summed E-state index contributed by atoms with van der Waals surface area (Å²) >= 11 is 11.9. The summed E-state index contributed by atoms with van der Waals surface area (Å²) in [5.41, 5.74) is 5.82. The molecule has 0 bridgehead atoms. The highest BCUT2D eigenvalue weighted by Gasteiger charge is 2.04. The Balaban J connectivity index is 2.70. The number of hydrogen-bond donors (Lipinski definition) is 1. The Morgan fingerprint density at radius 3 is 2.29 bits per heavy atom. The van der Waals surface area contributed by atoms with Gasteiger partial charge in [-0.2, -0.15) is 5.10 Å². The second kappa shape index (κ2) is 8.75. The van der Waals surface area contributed by atoms with E-state index in [1.54, 1.807) is 18.2 Å². The van der Waals surface area contributed by atoms with Crippen molar-refractivity contribution in [2.45, 2.75) is 27.7 Å². The van der Waals surface area contributed by atoms with E-state index in [-0.39, 0.29) is 0 Å². The predicted molar refractivity (Wildman–Crippen MR) is 91.4 cm³/mol. The summed E-state index contributed by atoms with van der Waals surface area (Å²) in [4.78, 5) is 0. The topological polar surface area (TPSA) is 33.6 Å². The Kier molecular flexibility index (Phi) is 7.34. The lowest BCUT2D eigenvalue weighted by Crippen LogP contribution is -2.13. The molecule has 0 unspecified atom stereocenters. The van der Waals surface area contributed by atoms with Gasteiger partial charge in [0.2, 0.25) is 0 Å². The van der Waals surface area contributed by atoms with Gasteiger partial charge >= 0.3 is 0 Å². The second-order valence-corrected chi connectivity index (χ2v) is 5.36. The van der Waals surface area contributed by atoms with Crippen molar-refractivity contribution in [2.75, 3.05) is 6.61 Å². The van der Waals surface area contributed by atoms with Crippen LogP contribution in [0.25, 0.3) is 0 Å². The second-order valence-electron chi connectivity index (χ2n) is 4.49. The molecule has 0 amide bonds. The summed E-state index contributed by atoms with van der Waals surface area (Å²) < 4.78 is 5.71. The molecule has 21 heavy (non-hydrogen) atoms. The fourth-order valence-electron chi connectivity index (χ4n) is 1.48. The summed E-state index contributed by atoms with van der Waals surface area (Å²) in [6.45, 7) is 8.19. The molecular weight excluding hydrogens is 307 g/mol. The Hall–Kier alpha value is -1.45. The zero-order chi connectivity index (χ0) is 15.8. The fraction of sp³-hybridized carbons (Fsp3) is 0.312. The molecule has 0 saturated heterocycles. The third-order valence-corrected chi connectivity index (χ3v) is 3.31. The lowest BCUT2D eigenvalue weighted by atomic mass is 10.2. The first-order chi connectivity index (χ1) is 9.96. The van der Waals surface area contributed by atoms with Gasteiger partial charge in [-0.05, 0) is 45.9 Å². The normalized spacial score (nSPS) is 13.3. The summed E-state index contributed by atoms with van der Waals surface area (Å²) in [5, 5.41) is 5.41. The van der Waals surface area contributed by atoms with E-state index in [1.165, 1.54) is 0 Å². The van der Waals surface area contributed by atoms with Crippen molar-refractivity contribution in [1.29, 1.82) is 0 Å². The molecule has 0 aliphatic heterocycles. The Morgan fingerprint density at radius 1 is 1.14 bits per heavy atom. The standard InChI is InChI=1S/C16H20Cl2N2O/c1-5-11(3)19-20-12(4)13(6-2)10-21-16-8-14(17)7-15(18)9-16/h5-9,19H,10H2,1-4H3/b11-5+,13-6+,20-12-. The molecule has 3 nitrogen and oxygen atoms in total. The van der Waals surface area contributed by atoms with Crippen LogP contribution in [0, 0.1) is 0 Å². The zero-order valence-corrected chi connectivity index (χ0v) is 14.2. The van der Waals surface area contributed by atoms with Gasteiger partial charge in [0.25, 0.3) is 0 Å². The van der Waals surface area contributed by atoms with Crippen LogP contribution in [0.5, 0.6) is 5.75 Å². The molecule has 0 aliphatic rings. The van der Waals surface area contributed by atoms with Crippen molar-refractivity contribution >= 4 is 28.9 Å². The van der Waals surface area contributed by atoms with Crippen molar-refractivity contribution in [3.8, 4) is 5.75 Å². The molecule has 114 valence electrons. The number of nitrogens with one attached hydrogen (secondary N) is 1. The first-order valence-corrected chi connectivity index (χ1v) is 7.39. The number of allylic oxidation sites excluding steroid dienone is 3. The van der Waals surface area contributed by atoms with Crippen LogP contribution in [-0.4, -0.2) is 12.3 Å². The minimum atomic E-state index is 0.402. The lowest BCUT2D eigenvalue weighted by molar-refractivity contribution is 0.357. The number of hydrazone groups is 1. The molecule has 0 radical (unpaired) electrons. The van der Waals surface area contributed by atoms with E-state index < -0.39 is 0 Å². The molecule has 0 atom stereocenters. The van der Waals surface area contributed by atoms with Crippen LogP contribution in [-0.2, 0) is 0 Å². The summed E-state index contributed by atoms with van der Waals surface area (Å²) in [7, 11) is 0. The van der Waals surface area contributed by atoms with Gasteiger partial charge in [0.15, 0.2) is 0 Å². The molecule has 0 aromatic heterocycles. The molecule has 1 N–H and O–H groups in total. The summed E-state index contributed by atoms with van der Waals surface area (Å²) in [6, 6.07) is 5.13. The highest BCUT2D eigenvalue weighted by atomic mass is 35.5. The Morgan fingerprint density at radius 2 is 1.76 bits per heavy atom. The molecule has 0 heterocycles. The van der Waals surface area contributed by atoms with Gasteiger partial charge < -0.3 is 4.74 Å². The van der Waals surface area contributed by atoms with Gasteiger partial charge in [0.05, 0.1) is 5.71 Å². The first kappa shape index (κ1) is 17.6. The number of halogens is 2. The van der Waals surface area contributed by atoms with Crippen LogP contribution in [0.15, 0.2) is 46.7 Å². The maximum atomic E-state index is 5.94. The maximum Gasteiger partial charge on any atom is 0.122 e. The van der Waals surface area contributed by atoms with Gasteiger partial charge in [-0.15, -0.1) is 0 Å². The molecule has 1 aromatic carbocycles. The Bertz CT molecular complexity index is 557. The van der Waals surface area contributed by atoms with E-state index in [4.69, 9.17) is 27.9 Å². The van der Waals surface area contributed by atoms with Crippen LogP contribution >= 0.6 is 23.2 Å². The molecule has 0 aliphatic carbocycles. The third kappa shape index (κ3) is 6.23. The van der Waals surface area contributed by atoms with Gasteiger partial charge in [0, 0.05) is 21.3 Å². The zero-order valence-electron chi connectivity index (χ0n) is 12.7. The third-order valence-electron chi connectivity index (χ3n) is 2.88. The SMILES string of the molecule is C/C=C(COc1cc(Cl)cc(Cl)c1)/C(C)=N\N/C(C)=C/C. The minimum Gasteiger partial charge on any atom is -0.489 e. The summed E-state index contributed by atoms with van der Waals surface area (Å²) in [5.74, 6) is 0.636. The molecule has 0 saturated carbocycles. The van der Waals surface area contributed by atoms with E-state index in [0.29, 0.717) is 22.4 Å². The van der Waals surface area contributed by atoms with Gasteiger partial charge in [0.1, 0.15) is 12.4 Å². The molecule has 1 rings (SSSR count). The number of hydrogen-bond acceptors (Lipinski definition) is 3. The van der Waals surface area contributed by atoms with Crippen LogP contribution < -0.4 is 10.2 Å². The number of ether oxygens (including phenoxy) is 1. The van der Waals surface area contributed by atoms with Gasteiger partial charge in [-0.3, -0.25) is 5.43 Å².